The van der Waals surface area contributed by atoms with Crippen molar-refractivity contribution >= 4 is 348 Å². The quantitative estimate of drug-likeness (QED) is 0.240. The van der Waals surface area contributed by atoms with Crippen LogP contribution in [0.15, 0.2) is 0 Å². The van der Waals surface area contributed by atoms with Gasteiger partial charge in [-0.1, -0.05) is 348 Å². The van der Waals surface area contributed by atoms with Gasteiger partial charge in [0, 0.05) is 6.61 Å². The molecule has 0 atom stereocenters. The Morgan fingerprint density at radius 3 is 0.233 bits per heavy atom. The van der Waals surface area contributed by atoms with Gasteiger partial charge in [0.2, 0.25) is 0 Å². The highest BCUT2D eigenvalue weighted by Crippen LogP contribution is 2.07. The van der Waals surface area contributed by atoms with Gasteiger partial charge >= 0.3 is 0 Å². The van der Waals surface area contributed by atoms with Crippen LogP contribution >= 0.6 is 348 Å². The number of aliphatic hydroxyl groups is 1. The first-order chi connectivity index (χ1) is 18.7. The van der Waals surface area contributed by atoms with Crippen LogP contribution in [0.2, 0.25) is 0 Å². The van der Waals surface area contributed by atoms with Crippen molar-refractivity contribution in [3.05, 3.63) is 0 Å². The van der Waals surface area contributed by atoms with Crippen LogP contribution in [0.4, 0.5) is 0 Å². The smallest absolute Gasteiger partial charge is 0.180 e. The Hall–Kier alpha value is 8.66. The molecule has 0 saturated carbocycles. The third-order valence-corrected chi connectivity index (χ3v) is 0. The lowest BCUT2D eigenvalue weighted by atomic mass is 10.9. The molecular formula is C12H16Cl30O. The van der Waals surface area contributed by atoms with Gasteiger partial charge in [0.15, 0.2) is 43.0 Å². The van der Waals surface area contributed by atoms with Crippen molar-refractivity contribution in [1.29, 1.82) is 0 Å². The van der Waals surface area contributed by atoms with Crippen LogP contribution in [0.5, 0.6) is 0 Å². The van der Waals surface area contributed by atoms with Gasteiger partial charge in [0.25, 0.3) is 0 Å². The number of aliphatic hydroxyl groups excluding tert-OH is 1. The Morgan fingerprint density at radius 2 is 0.233 bits per heavy atom. The second kappa shape index (κ2) is 79.4. The summed E-state index contributed by atoms with van der Waals surface area (Å²) in [5.41, 5.74) is 0. The first-order valence-electron chi connectivity index (χ1n) is 7.57. The zero-order chi connectivity index (χ0) is 38.5. The first-order valence-corrected chi connectivity index (χ1v) is 20.7. The van der Waals surface area contributed by atoms with E-state index in [0.29, 0.717) is 0 Å². The van der Waals surface area contributed by atoms with Crippen molar-refractivity contribution in [2.75, 3.05) is 6.61 Å². The van der Waals surface area contributed by atoms with Crippen molar-refractivity contribution in [2.45, 2.75) is 49.9 Å². The molecule has 0 radical (unpaired) electrons. The molecule has 0 bridgehead atoms. The maximum Gasteiger partial charge on any atom is 0.180 e. The Kier molecular flexibility index (Phi) is 148. The van der Waals surface area contributed by atoms with E-state index in [2.05, 4.69) is 0 Å². The number of hydrogen-bond donors (Lipinski definition) is 1. The molecule has 0 spiro atoms. The van der Waals surface area contributed by atoms with E-state index in [1.54, 1.807) is 6.92 Å². The fraction of sp³-hybridized carbons (Fsp3) is 1.00. The van der Waals surface area contributed by atoms with Gasteiger partial charge in [-0.05, 0) is 6.92 Å². The van der Waals surface area contributed by atoms with Crippen LogP contribution in [0.3, 0.4) is 0 Å². The normalized spacial score (nSPS) is 8.79. The van der Waals surface area contributed by atoms with Gasteiger partial charge in [0.1, 0.15) is 0 Å². The van der Waals surface area contributed by atoms with Crippen LogP contribution in [0.1, 0.15) is 6.92 Å². The van der Waals surface area contributed by atoms with Crippen molar-refractivity contribution in [2.24, 2.45) is 0 Å². The number of halogens is 30. The molecule has 0 aliphatic heterocycles. The van der Waals surface area contributed by atoms with Crippen molar-refractivity contribution in [3.8, 4) is 0 Å². The number of alkyl halides is 30. The maximum atomic E-state index is 7.57. The van der Waals surface area contributed by atoms with Crippen LogP contribution in [0.25, 0.3) is 0 Å². The van der Waals surface area contributed by atoms with Gasteiger partial charge in [0.05, 0.1) is 0 Å². The maximum absolute atomic E-state index is 7.57. The second-order valence-corrected chi connectivity index (χ2v) is 22.6. The molecule has 0 aromatic heterocycles. The Labute approximate surface area is 403 Å². The molecule has 0 rings (SSSR count). The highest BCUT2D eigenvalue weighted by molar-refractivity contribution is 6.66. The molecule has 0 aliphatic rings. The lowest BCUT2D eigenvalue weighted by molar-refractivity contribution is 0.318. The molecule has 0 aromatic rings. The molecule has 0 aromatic carbocycles. The Morgan fingerprint density at radius 1 is 0.233 bits per heavy atom. The summed E-state index contributed by atoms with van der Waals surface area (Å²) in [5, 5.41) is 7.57. The summed E-state index contributed by atoms with van der Waals surface area (Å²) in [6.07, 6.45) is 0. The molecule has 280 valence electrons. The minimum Gasteiger partial charge on any atom is -0.397 e. The summed E-state index contributed by atoms with van der Waals surface area (Å²) in [7, 11) is 0. The zero-order valence-corrected chi connectivity index (χ0v) is 41.9. The van der Waals surface area contributed by atoms with Gasteiger partial charge in [-0.2, -0.15) is 0 Å². The lowest BCUT2D eigenvalue weighted by Crippen LogP contribution is -1.57. The summed E-state index contributed by atoms with van der Waals surface area (Å²) in [6.45, 7) is 1.93. The average Bonchev–Trinajstić information content (AvgIpc) is 2.56. The predicted octanol–water partition coefficient (Wildman–Crippen LogP) is 19.9. The van der Waals surface area contributed by atoms with E-state index >= 15 is 0 Å². The van der Waals surface area contributed by atoms with E-state index in [0.717, 1.165) is 0 Å². The van der Waals surface area contributed by atoms with E-state index in [1.165, 1.54) is 0 Å². The van der Waals surface area contributed by atoms with Crippen molar-refractivity contribution in [1.82, 2.24) is 0 Å². The minimum atomic E-state index is -0.750. The van der Waals surface area contributed by atoms with E-state index in [-0.39, 0.29) is 6.61 Å². The average molecular weight is 1240 g/mol. The molecule has 0 heterocycles. The molecular weight excluding hydrogens is 1220 g/mol. The summed E-state index contributed by atoms with van der Waals surface area (Å²) >= 11 is 144. The summed E-state index contributed by atoms with van der Waals surface area (Å²) in [5.74, 6) is 0. The van der Waals surface area contributed by atoms with E-state index in [9.17, 15) is 0 Å². The highest BCUT2D eigenvalue weighted by atomic mass is 35.6. The molecule has 0 saturated heterocycles. The fourth-order valence-corrected chi connectivity index (χ4v) is 0. The van der Waals surface area contributed by atoms with E-state index in [1.807, 2.05) is 0 Å². The number of rotatable bonds is 0. The van der Waals surface area contributed by atoms with Crippen LogP contribution in [-0.4, -0.2) is 54.7 Å². The molecule has 0 fully saturated rings. The SMILES string of the molecule is CCO.ClC(Cl)Cl.ClC(Cl)Cl.ClC(Cl)Cl.ClC(Cl)Cl.ClC(Cl)Cl.ClC(Cl)Cl.ClC(Cl)Cl.ClC(Cl)Cl.ClC(Cl)Cl.ClC(Cl)Cl. The topological polar surface area (TPSA) is 20.2 Å². The number of hydrogen-bond acceptors (Lipinski definition) is 1. The van der Waals surface area contributed by atoms with Gasteiger partial charge < -0.3 is 5.11 Å². The molecule has 31 heteroatoms. The second-order valence-electron chi connectivity index (χ2n) is 2.79. The van der Waals surface area contributed by atoms with Gasteiger partial charge in [-0.15, -0.1) is 0 Å². The monoisotopic (exact) mass is 1230 g/mol. The van der Waals surface area contributed by atoms with E-state index in [4.69, 9.17) is 353 Å². The lowest BCUT2D eigenvalue weighted by Gasteiger charge is -1.69. The predicted molar refractivity (Wildman–Crippen MR) is 226 cm³/mol. The molecule has 0 unspecified atom stereocenters. The highest BCUT2D eigenvalue weighted by Gasteiger charge is 1.82. The van der Waals surface area contributed by atoms with Gasteiger partial charge in [-0.3, -0.25) is 0 Å². The van der Waals surface area contributed by atoms with Crippen molar-refractivity contribution < 1.29 is 5.11 Å². The molecule has 1 nitrogen and oxygen atoms in total. The van der Waals surface area contributed by atoms with Crippen LogP contribution in [0, 0.1) is 0 Å². The standard InChI is InChI=1S/C2H6O.10CHCl3/c1-2-3;10*2-1(3)4/h3H,2H2,1H3;10*1H. The molecule has 1 N–H and O–H groups in total. The summed E-state index contributed by atoms with van der Waals surface area (Å²) < 4.78 is -7.50. The van der Waals surface area contributed by atoms with E-state index < -0.39 is 43.0 Å². The van der Waals surface area contributed by atoms with Gasteiger partial charge in [-0.25, -0.2) is 0 Å². The molecule has 0 amide bonds. The third kappa shape index (κ3) is 1600. The third-order valence-electron chi connectivity index (χ3n) is 0. The minimum absolute atomic E-state index is 0.250. The summed E-state index contributed by atoms with van der Waals surface area (Å²) in [6, 6.07) is 0. The zero-order valence-electron chi connectivity index (χ0n) is 19.3. The Balaban J connectivity index is -0.0000000291. The largest absolute Gasteiger partial charge is 0.397 e. The molecule has 0 aliphatic carbocycles. The van der Waals surface area contributed by atoms with Crippen LogP contribution < -0.4 is 0 Å². The van der Waals surface area contributed by atoms with Crippen LogP contribution in [-0.2, 0) is 0 Å². The summed E-state index contributed by atoms with van der Waals surface area (Å²) in [4.78, 5) is 0. The Bertz CT molecular complexity index is 203. The fourth-order valence-electron chi connectivity index (χ4n) is 0. The van der Waals surface area contributed by atoms with Crippen molar-refractivity contribution in [3.63, 3.8) is 0 Å². The molecule has 43 heavy (non-hydrogen) atoms. The first kappa shape index (κ1) is 80.2.